The van der Waals surface area contributed by atoms with E-state index in [4.69, 9.17) is 5.73 Å². The van der Waals surface area contributed by atoms with Gasteiger partial charge in [0, 0.05) is 0 Å². The SMILES string of the molecule is C=C.CC(N)C(=O)S. The van der Waals surface area contributed by atoms with Crippen molar-refractivity contribution in [2.75, 3.05) is 0 Å². The van der Waals surface area contributed by atoms with E-state index < -0.39 is 6.04 Å². The van der Waals surface area contributed by atoms with Crippen LogP contribution in [0.1, 0.15) is 6.92 Å². The van der Waals surface area contributed by atoms with Crippen molar-refractivity contribution in [3.05, 3.63) is 13.2 Å². The van der Waals surface area contributed by atoms with Crippen molar-refractivity contribution < 1.29 is 4.79 Å². The van der Waals surface area contributed by atoms with Crippen LogP contribution in [0.4, 0.5) is 0 Å². The van der Waals surface area contributed by atoms with E-state index in [1.807, 2.05) is 0 Å². The Morgan fingerprint density at radius 3 is 1.88 bits per heavy atom. The molecule has 0 saturated heterocycles. The van der Waals surface area contributed by atoms with Gasteiger partial charge < -0.3 is 5.73 Å². The molecule has 0 fully saturated rings. The second kappa shape index (κ2) is 6.72. The Hall–Kier alpha value is -0.280. The monoisotopic (exact) mass is 133 g/mol. The Morgan fingerprint density at radius 2 is 1.88 bits per heavy atom. The molecule has 0 aliphatic carbocycles. The number of nitrogens with two attached hydrogens (primary N) is 1. The zero-order valence-corrected chi connectivity index (χ0v) is 5.82. The predicted octanol–water partition coefficient (Wildman–Crippen LogP) is 0.592. The summed E-state index contributed by atoms with van der Waals surface area (Å²) >= 11 is 3.43. The topological polar surface area (TPSA) is 43.1 Å². The smallest absolute Gasteiger partial charge is 0.202 e. The van der Waals surface area contributed by atoms with Gasteiger partial charge in [-0.3, -0.25) is 4.79 Å². The van der Waals surface area contributed by atoms with Gasteiger partial charge in [0.15, 0.2) is 0 Å². The van der Waals surface area contributed by atoms with Crippen LogP contribution in [0.3, 0.4) is 0 Å². The molecule has 2 N–H and O–H groups in total. The molecular formula is C5H11NOS. The molecule has 0 heterocycles. The molecule has 0 aromatic heterocycles. The highest BCUT2D eigenvalue weighted by Gasteiger charge is 1.96. The van der Waals surface area contributed by atoms with Crippen LogP contribution in [0.15, 0.2) is 13.2 Å². The summed E-state index contributed by atoms with van der Waals surface area (Å²) in [6.45, 7) is 7.59. The first-order valence-electron chi connectivity index (χ1n) is 2.13. The fourth-order valence-corrected chi connectivity index (χ4v) is 0. The lowest BCUT2D eigenvalue weighted by Crippen LogP contribution is -2.21. The lowest BCUT2D eigenvalue weighted by molar-refractivity contribution is -0.111. The lowest BCUT2D eigenvalue weighted by Gasteiger charge is -1.90. The van der Waals surface area contributed by atoms with Gasteiger partial charge in [-0.25, -0.2) is 0 Å². The maximum absolute atomic E-state index is 9.88. The Labute approximate surface area is 55.2 Å². The summed E-state index contributed by atoms with van der Waals surface area (Å²) < 4.78 is 0. The summed E-state index contributed by atoms with van der Waals surface area (Å²) in [5.74, 6) is 0. The molecule has 3 heteroatoms. The number of carbonyl (C=O) groups excluding carboxylic acids is 1. The summed E-state index contributed by atoms with van der Waals surface area (Å²) in [5, 5.41) is -0.269. The third-order valence-electron chi connectivity index (χ3n) is 0.390. The standard InChI is InChI=1S/C3H7NOS.C2H4/c1-2(4)3(5)6;1-2/h2H,4H2,1H3,(H,5,6);1-2H2. The second-order valence-electron chi connectivity index (χ2n) is 1.13. The second-order valence-corrected chi connectivity index (χ2v) is 1.57. The highest BCUT2D eigenvalue weighted by Crippen LogP contribution is 1.80. The number of carbonyl (C=O) groups is 1. The molecule has 0 aliphatic rings. The third-order valence-corrected chi connectivity index (χ3v) is 0.797. The van der Waals surface area contributed by atoms with Crippen molar-refractivity contribution in [2.24, 2.45) is 5.73 Å². The molecule has 0 spiro atoms. The summed E-state index contributed by atoms with van der Waals surface area (Å²) in [6, 6.07) is -0.423. The normalized spacial score (nSPS) is 10.9. The molecule has 2 nitrogen and oxygen atoms in total. The Morgan fingerprint density at radius 1 is 1.75 bits per heavy atom. The fourth-order valence-electron chi connectivity index (χ4n) is 0. The highest BCUT2D eigenvalue weighted by molar-refractivity contribution is 7.96. The third kappa shape index (κ3) is 9.21. The van der Waals surface area contributed by atoms with Crippen LogP contribution in [0.25, 0.3) is 0 Å². The van der Waals surface area contributed by atoms with Gasteiger partial charge in [-0.15, -0.1) is 25.8 Å². The van der Waals surface area contributed by atoms with Crippen molar-refractivity contribution in [3.63, 3.8) is 0 Å². The van der Waals surface area contributed by atoms with Gasteiger partial charge in [0.25, 0.3) is 0 Å². The van der Waals surface area contributed by atoms with Crippen molar-refractivity contribution >= 4 is 17.7 Å². The summed E-state index contributed by atoms with van der Waals surface area (Å²) in [7, 11) is 0. The Kier molecular flexibility index (Phi) is 8.95. The van der Waals surface area contributed by atoms with Crippen LogP contribution in [-0.2, 0) is 4.79 Å². The lowest BCUT2D eigenvalue weighted by atomic mass is 10.4. The molecule has 0 aromatic rings. The molecule has 48 valence electrons. The highest BCUT2D eigenvalue weighted by atomic mass is 32.1. The number of hydrogen-bond acceptors (Lipinski definition) is 2. The van der Waals surface area contributed by atoms with E-state index in [9.17, 15) is 4.79 Å². The molecule has 0 rings (SSSR count). The van der Waals surface area contributed by atoms with E-state index in [0.717, 1.165) is 0 Å². The average molecular weight is 133 g/mol. The molecule has 0 radical (unpaired) electrons. The minimum Gasteiger partial charge on any atom is -0.321 e. The average Bonchev–Trinajstić information content (AvgIpc) is 1.72. The van der Waals surface area contributed by atoms with Crippen molar-refractivity contribution in [1.29, 1.82) is 0 Å². The van der Waals surface area contributed by atoms with Gasteiger partial charge in [-0.05, 0) is 6.92 Å². The van der Waals surface area contributed by atoms with E-state index in [-0.39, 0.29) is 5.12 Å². The van der Waals surface area contributed by atoms with Crippen molar-refractivity contribution in [1.82, 2.24) is 0 Å². The number of hydrogen-bond donors (Lipinski definition) is 2. The van der Waals surface area contributed by atoms with E-state index in [1.165, 1.54) is 0 Å². The molecular weight excluding hydrogens is 122 g/mol. The van der Waals surface area contributed by atoms with Crippen LogP contribution >= 0.6 is 12.6 Å². The quantitative estimate of drug-likeness (QED) is 0.406. The molecule has 1 atom stereocenters. The molecule has 0 saturated carbocycles. The molecule has 8 heavy (non-hydrogen) atoms. The van der Waals surface area contributed by atoms with Gasteiger partial charge >= 0.3 is 0 Å². The predicted molar refractivity (Wildman–Crippen MR) is 38.9 cm³/mol. The summed E-state index contributed by atoms with van der Waals surface area (Å²) in [5.41, 5.74) is 5.01. The molecule has 1 unspecified atom stereocenters. The minimum atomic E-state index is -0.423. The molecule has 0 aliphatic heterocycles. The largest absolute Gasteiger partial charge is 0.321 e. The first-order valence-corrected chi connectivity index (χ1v) is 2.57. The van der Waals surface area contributed by atoms with Gasteiger partial charge in [0.2, 0.25) is 5.12 Å². The zero-order chi connectivity index (χ0) is 7.15. The minimum absolute atomic E-state index is 0.269. The van der Waals surface area contributed by atoms with Gasteiger partial charge in [-0.1, -0.05) is 0 Å². The van der Waals surface area contributed by atoms with Crippen molar-refractivity contribution in [3.8, 4) is 0 Å². The molecule has 0 aromatic carbocycles. The van der Waals surface area contributed by atoms with E-state index in [1.54, 1.807) is 6.92 Å². The number of thiol groups is 1. The zero-order valence-electron chi connectivity index (χ0n) is 4.92. The van der Waals surface area contributed by atoms with Crippen LogP contribution in [-0.4, -0.2) is 11.2 Å². The fraction of sp³-hybridized carbons (Fsp3) is 0.400. The molecule has 0 bridgehead atoms. The van der Waals surface area contributed by atoms with Gasteiger partial charge in [0.1, 0.15) is 0 Å². The Balaban J connectivity index is 0. The van der Waals surface area contributed by atoms with Gasteiger partial charge in [-0.2, -0.15) is 0 Å². The van der Waals surface area contributed by atoms with Crippen LogP contribution < -0.4 is 5.73 Å². The van der Waals surface area contributed by atoms with E-state index in [0.29, 0.717) is 0 Å². The van der Waals surface area contributed by atoms with Crippen LogP contribution in [0.2, 0.25) is 0 Å². The number of rotatable bonds is 1. The van der Waals surface area contributed by atoms with E-state index >= 15 is 0 Å². The van der Waals surface area contributed by atoms with Crippen LogP contribution in [0.5, 0.6) is 0 Å². The summed E-state index contributed by atoms with van der Waals surface area (Å²) in [4.78, 5) is 9.88. The van der Waals surface area contributed by atoms with Crippen LogP contribution in [0, 0.1) is 0 Å². The maximum atomic E-state index is 9.88. The Bertz CT molecular complexity index is 72.8. The van der Waals surface area contributed by atoms with Gasteiger partial charge in [0.05, 0.1) is 6.04 Å². The maximum Gasteiger partial charge on any atom is 0.202 e. The first-order chi connectivity index (χ1) is 3.64. The molecule has 0 amide bonds. The first kappa shape index (κ1) is 10.7. The van der Waals surface area contributed by atoms with Crippen molar-refractivity contribution in [2.45, 2.75) is 13.0 Å². The van der Waals surface area contributed by atoms with E-state index in [2.05, 4.69) is 25.8 Å². The summed E-state index contributed by atoms with van der Waals surface area (Å²) in [6.07, 6.45) is 0.